The molecule has 22 heavy (non-hydrogen) atoms. The molecule has 6 heteroatoms. The second-order valence-corrected chi connectivity index (χ2v) is 5.74. The molecule has 6 nitrogen and oxygen atoms in total. The summed E-state index contributed by atoms with van der Waals surface area (Å²) >= 11 is 0. The molecule has 0 aromatic heterocycles. The summed E-state index contributed by atoms with van der Waals surface area (Å²) in [5.74, 6) is -2.21. The van der Waals surface area contributed by atoms with Crippen molar-refractivity contribution < 1.29 is 14.4 Å². The highest BCUT2D eigenvalue weighted by Gasteiger charge is 2.40. The third kappa shape index (κ3) is 2.64. The standard InChI is InChI=1S/C16H17N3O3/c1-9-3-6-12(7-10(9)2)19-15(21)13(8-17-11-4-5-11)14(20)18-16(19)22/h3,6-8,11,13H,4-5H2,1-2H3,(H,18,20,22)/t13-/m0/s1. The highest BCUT2D eigenvalue weighted by Crippen LogP contribution is 2.25. The van der Waals surface area contributed by atoms with E-state index in [2.05, 4.69) is 10.3 Å². The number of benzene rings is 1. The minimum atomic E-state index is -1.04. The zero-order chi connectivity index (χ0) is 15.9. The van der Waals surface area contributed by atoms with Gasteiger partial charge in [-0.15, -0.1) is 0 Å². The summed E-state index contributed by atoms with van der Waals surface area (Å²) in [5, 5.41) is 2.22. The Morgan fingerprint density at radius 1 is 1.18 bits per heavy atom. The van der Waals surface area contributed by atoms with Crippen molar-refractivity contribution in [3.63, 3.8) is 0 Å². The van der Waals surface area contributed by atoms with Crippen LogP contribution in [0.2, 0.25) is 0 Å². The molecule has 0 bridgehead atoms. The minimum absolute atomic E-state index is 0.216. The lowest BCUT2D eigenvalue weighted by atomic mass is 10.0. The van der Waals surface area contributed by atoms with Crippen molar-refractivity contribution >= 4 is 29.7 Å². The average Bonchev–Trinajstić information content (AvgIpc) is 3.26. The lowest BCUT2D eigenvalue weighted by Gasteiger charge is -2.28. The number of aryl methyl sites for hydroxylation is 2. The van der Waals surface area contributed by atoms with Crippen LogP contribution in [0.4, 0.5) is 10.5 Å². The number of barbiturate groups is 1. The maximum atomic E-state index is 12.5. The molecule has 1 aromatic carbocycles. The van der Waals surface area contributed by atoms with E-state index in [9.17, 15) is 14.4 Å². The van der Waals surface area contributed by atoms with E-state index < -0.39 is 23.8 Å². The van der Waals surface area contributed by atoms with Gasteiger partial charge in [-0.2, -0.15) is 0 Å². The van der Waals surface area contributed by atoms with E-state index in [0.717, 1.165) is 28.9 Å². The molecule has 0 spiro atoms. The van der Waals surface area contributed by atoms with Gasteiger partial charge in [0, 0.05) is 12.3 Å². The number of imide groups is 2. The molecule has 2 aliphatic rings. The summed E-state index contributed by atoms with van der Waals surface area (Å²) in [6.07, 6.45) is 3.34. The van der Waals surface area contributed by atoms with Gasteiger partial charge in [0.15, 0.2) is 5.92 Å². The van der Waals surface area contributed by atoms with Gasteiger partial charge in [0.25, 0.3) is 5.91 Å². The van der Waals surface area contributed by atoms with Crippen LogP contribution in [-0.4, -0.2) is 30.1 Å². The molecule has 4 amide bonds. The molecular formula is C16H17N3O3. The highest BCUT2D eigenvalue weighted by molar-refractivity contribution is 6.32. The predicted molar refractivity (Wildman–Crippen MR) is 81.9 cm³/mol. The van der Waals surface area contributed by atoms with Crippen molar-refractivity contribution in [2.45, 2.75) is 32.7 Å². The van der Waals surface area contributed by atoms with Gasteiger partial charge in [0.05, 0.1) is 5.69 Å². The number of hydrogen-bond acceptors (Lipinski definition) is 4. The number of nitrogens with one attached hydrogen (secondary N) is 1. The van der Waals surface area contributed by atoms with Gasteiger partial charge in [-0.1, -0.05) is 6.07 Å². The third-order valence-electron chi connectivity index (χ3n) is 3.94. The van der Waals surface area contributed by atoms with Crippen LogP contribution in [-0.2, 0) is 9.59 Å². The lowest BCUT2D eigenvalue weighted by molar-refractivity contribution is -0.131. The Labute approximate surface area is 128 Å². The summed E-state index contributed by atoms with van der Waals surface area (Å²) in [7, 11) is 0. The Bertz CT molecular complexity index is 692. The number of carbonyl (C=O) groups excluding carboxylic acids is 3. The summed E-state index contributed by atoms with van der Waals surface area (Å²) in [6, 6.07) is 4.81. The van der Waals surface area contributed by atoms with Crippen molar-refractivity contribution in [2.24, 2.45) is 10.9 Å². The molecule has 1 saturated carbocycles. The Morgan fingerprint density at radius 2 is 1.91 bits per heavy atom. The topological polar surface area (TPSA) is 78.8 Å². The number of urea groups is 1. The second kappa shape index (κ2) is 5.36. The minimum Gasteiger partial charge on any atom is -0.293 e. The molecule has 1 N–H and O–H groups in total. The number of amides is 4. The lowest BCUT2D eigenvalue weighted by Crippen LogP contribution is -2.58. The van der Waals surface area contributed by atoms with Crippen molar-refractivity contribution in [2.75, 3.05) is 4.90 Å². The van der Waals surface area contributed by atoms with Crippen molar-refractivity contribution in [3.05, 3.63) is 29.3 Å². The smallest absolute Gasteiger partial charge is 0.293 e. The largest absolute Gasteiger partial charge is 0.335 e. The number of carbonyl (C=O) groups is 3. The molecule has 1 heterocycles. The van der Waals surface area contributed by atoms with Crippen molar-refractivity contribution in [1.82, 2.24) is 5.32 Å². The fourth-order valence-electron chi connectivity index (χ4n) is 2.26. The van der Waals surface area contributed by atoms with Crippen molar-refractivity contribution in [1.29, 1.82) is 0 Å². The van der Waals surface area contributed by atoms with Crippen LogP contribution in [0.15, 0.2) is 23.2 Å². The van der Waals surface area contributed by atoms with Gasteiger partial charge in [-0.3, -0.25) is 19.9 Å². The molecule has 1 aliphatic carbocycles. The molecule has 1 atom stereocenters. The first kappa shape index (κ1) is 14.4. The van der Waals surface area contributed by atoms with E-state index in [0.29, 0.717) is 5.69 Å². The summed E-state index contributed by atoms with van der Waals surface area (Å²) in [5.41, 5.74) is 2.50. The average molecular weight is 299 g/mol. The van der Waals surface area contributed by atoms with E-state index >= 15 is 0 Å². The zero-order valence-electron chi connectivity index (χ0n) is 12.5. The predicted octanol–water partition coefficient (Wildman–Crippen LogP) is 1.74. The number of nitrogens with zero attached hydrogens (tertiary/aromatic N) is 2. The molecule has 1 aromatic rings. The van der Waals surface area contributed by atoms with E-state index in [1.807, 2.05) is 19.9 Å². The van der Waals surface area contributed by atoms with Crippen molar-refractivity contribution in [3.8, 4) is 0 Å². The summed E-state index contributed by atoms with van der Waals surface area (Å²) < 4.78 is 0. The van der Waals surface area contributed by atoms with Gasteiger partial charge >= 0.3 is 6.03 Å². The van der Waals surface area contributed by atoms with Crippen LogP contribution in [0, 0.1) is 19.8 Å². The second-order valence-electron chi connectivity index (χ2n) is 5.74. The fourth-order valence-corrected chi connectivity index (χ4v) is 2.26. The van der Waals surface area contributed by atoms with E-state index in [1.165, 1.54) is 6.21 Å². The van der Waals surface area contributed by atoms with Crippen LogP contribution < -0.4 is 10.2 Å². The van der Waals surface area contributed by atoms with Crippen LogP contribution >= 0.6 is 0 Å². The molecule has 1 aliphatic heterocycles. The maximum Gasteiger partial charge on any atom is 0.335 e. The van der Waals surface area contributed by atoms with Gasteiger partial charge in [-0.05, 0) is 49.9 Å². The first-order valence-corrected chi connectivity index (χ1v) is 7.26. The third-order valence-corrected chi connectivity index (χ3v) is 3.94. The monoisotopic (exact) mass is 299 g/mol. The SMILES string of the molecule is Cc1ccc(N2C(=O)NC(=O)[C@H](C=NC3CC3)C2=O)cc1C. The number of hydrogen-bond donors (Lipinski definition) is 1. The van der Waals surface area contributed by atoms with E-state index in [-0.39, 0.29) is 6.04 Å². The van der Waals surface area contributed by atoms with E-state index in [4.69, 9.17) is 0 Å². The molecule has 114 valence electrons. The van der Waals surface area contributed by atoms with Gasteiger partial charge < -0.3 is 0 Å². The highest BCUT2D eigenvalue weighted by atomic mass is 16.2. The van der Waals surface area contributed by atoms with Crippen LogP contribution in [0.3, 0.4) is 0 Å². The summed E-state index contributed by atoms with van der Waals surface area (Å²) in [4.78, 5) is 41.7. The van der Waals surface area contributed by atoms with Crippen LogP contribution in [0.25, 0.3) is 0 Å². The number of anilines is 1. The fraction of sp³-hybridized carbons (Fsp3) is 0.375. The zero-order valence-corrected chi connectivity index (χ0v) is 12.5. The molecule has 1 saturated heterocycles. The molecule has 0 unspecified atom stereocenters. The first-order chi connectivity index (χ1) is 10.5. The van der Waals surface area contributed by atoms with E-state index in [1.54, 1.807) is 12.1 Å². The maximum absolute atomic E-state index is 12.5. The Hall–Kier alpha value is -2.50. The Balaban J connectivity index is 1.91. The molecule has 2 fully saturated rings. The van der Waals surface area contributed by atoms with Gasteiger partial charge in [-0.25, -0.2) is 9.69 Å². The molecule has 3 rings (SSSR count). The van der Waals surface area contributed by atoms with Gasteiger partial charge in [0.2, 0.25) is 5.91 Å². The quantitative estimate of drug-likeness (QED) is 0.682. The molecule has 0 radical (unpaired) electrons. The normalized spacial score (nSPS) is 22.4. The Kier molecular flexibility index (Phi) is 3.52. The van der Waals surface area contributed by atoms with Crippen LogP contribution in [0.5, 0.6) is 0 Å². The number of aliphatic imine (C=N–C) groups is 1. The first-order valence-electron chi connectivity index (χ1n) is 7.26. The Morgan fingerprint density at radius 3 is 2.55 bits per heavy atom. The summed E-state index contributed by atoms with van der Waals surface area (Å²) in [6.45, 7) is 3.86. The van der Waals surface area contributed by atoms with Gasteiger partial charge in [0.1, 0.15) is 0 Å². The number of rotatable bonds is 3. The molecular weight excluding hydrogens is 282 g/mol. The van der Waals surface area contributed by atoms with Crippen LogP contribution in [0.1, 0.15) is 24.0 Å².